The SMILES string of the molecule is CC(NS(=O)(=O)c1ccc(C#N)cc1)C(=O)O. The van der Waals surface area contributed by atoms with Crippen molar-refractivity contribution < 1.29 is 18.3 Å². The highest BCUT2D eigenvalue weighted by Crippen LogP contribution is 2.10. The highest BCUT2D eigenvalue weighted by atomic mass is 32.2. The van der Waals surface area contributed by atoms with Crippen molar-refractivity contribution in [2.45, 2.75) is 17.9 Å². The third-order valence-corrected chi connectivity index (χ3v) is 3.55. The molecule has 0 saturated heterocycles. The van der Waals surface area contributed by atoms with Crippen LogP contribution in [0.2, 0.25) is 0 Å². The molecule has 0 spiro atoms. The Hall–Kier alpha value is -1.91. The van der Waals surface area contributed by atoms with Gasteiger partial charge in [-0.3, -0.25) is 4.79 Å². The summed E-state index contributed by atoms with van der Waals surface area (Å²) in [7, 11) is -3.87. The van der Waals surface area contributed by atoms with E-state index in [1.54, 1.807) is 0 Å². The van der Waals surface area contributed by atoms with Gasteiger partial charge < -0.3 is 5.11 Å². The maximum Gasteiger partial charge on any atom is 0.321 e. The summed E-state index contributed by atoms with van der Waals surface area (Å²) in [6.45, 7) is 1.23. The molecule has 0 saturated carbocycles. The Balaban J connectivity index is 2.98. The zero-order valence-electron chi connectivity index (χ0n) is 8.91. The van der Waals surface area contributed by atoms with E-state index in [2.05, 4.69) is 0 Å². The van der Waals surface area contributed by atoms with Crippen molar-refractivity contribution >= 4 is 16.0 Å². The van der Waals surface area contributed by atoms with Gasteiger partial charge in [0.25, 0.3) is 0 Å². The molecule has 0 fully saturated rings. The maximum atomic E-state index is 11.7. The molecule has 1 rings (SSSR count). The summed E-state index contributed by atoms with van der Waals surface area (Å²) in [5.41, 5.74) is 0.329. The smallest absolute Gasteiger partial charge is 0.321 e. The third-order valence-electron chi connectivity index (χ3n) is 2.00. The predicted octanol–water partition coefficient (Wildman–Crippen LogP) is 0.310. The highest BCUT2D eigenvalue weighted by molar-refractivity contribution is 7.89. The van der Waals surface area contributed by atoms with E-state index >= 15 is 0 Å². The lowest BCUT2D eigenvalue weighted by Gasteiger charge is -2.09. The van der Waals surface area contributed by atoms with Crippen LogP contribution in [0.5, 0.6) is 0 Å². The number of carboxylic acid groups (broad SMARTS) is 1. The van der Waals surface area contributed by atoms with Gasteiger partial charge in [-0.15, -0.1) is 0 Å². The molecule has 1 unspecified atom stereocenters. The lowest BCUT2D eigenvalue weighted by Crippen LogP contribution is -2.38. The minimum atomic E-state index is -3.87. The first-order valence-corrected chi connectivity index (χ1v) is 6.10. The monoisotopic (exact) mass is 254 g/mol. The van der Waals surface area contributed by atoms with Crippen LogP contribution in [0.1, 0.15) is 12.5 Å². The molecule has 6 nitrogen and oxygen atoms in total. The van der Waals surface area contributed by atoms with Gasteiger partial charge in [0, 0.05) is 0 Å². The van der Waals surface area contributed by atoms with Crippen molar-refractivity contribution in [2.24, 2.45) is 0 Å². The van der Waals surface area contributed by atoms with E-state index in [0.717, 1.165) is 0 Å². The third kappa shape index (κ3) is 3.27. The lowest BCUT2D eigenvalue weighted by molar-refractivity contribution is -0.138. The molecule has 2 N–H and O–H groups in total. The number of carbonyl (C=O) groups is 1. The molecule has 17 heavy (non-hydrogen) atoms. The quantitative estimate of drug-likeness (QED) is 0.804. The highest BCUT2D eigenvalue weighted by Gasteiger charge is 2.21. The zero-order valence-corrected chi connectivity index (χ0v) is 9.73. The fourth-order valence-electron chi connectivity index (χ4n) is 1.06. The van der Waals surface area contributed by atoms with Gasteiger partial charge in [0.15, 0.2) is 0 Å². The average Bonchev–Trinajstić information content (AvgIpc) is 2.28. The number of hydrogen-bond donors (Lipinski definition) is 2. The number of nitriles is 1. The van der Waals surface area contributed by atoms with E-state index in [-0.39, 0.29) is 4.90 Å². The molecule has 0 heterocycles. The first kappa shape index (κ1) is 13.2. The van der Waals surface area contributed by atoms with Crippen LogP contribution in [0.4, 0.5) is 0 Å². The lowest BCUT2D eigenvalue weighted by atomic mass is 10.2. The summed E-state index contributed by atoms with van der Waals surface area (Å²) >= 11 is 0. The van der Waals surface area contributed by atoms with Gasteiger partial charge in [0.05, 0.1) is 16.5 Å². The average molecular weight is 254 g/mol. The molecule has 1 atom stereocenters. The maximum absolute atomic E-state index is 11.7. The first-order valence-electron chi connectivity index (χ1n) is 4.62. The number of nitrogens with zero attached hydrogens (tertiary/aromatic N) is 1. The molecule has 0 aliphatic rings. The van der Waals surface area contributed by atoms with Gasteiger partial charge in [-0.2, -0.15) is 9.98 Å². The van der Waals surface area contributed by atoms with E-state index in [1.807, 2.05) is 10.8 Å². The standard InChI is InChI=1S/C10H10N2O4S/c1-7(10(13)14)12-17(15,16)9-4-2-8(6-11)3-5-9/h2-5,7,12H,1H3,(H,13,14). The molecule has 0 amide bonds. The van der Waals surface area contributed by atoms with Crippen LogP contribution in [0, 0.1) is 11.3 Å². The predicted molar refractivity (Wildman–Crippen MR) is 58.6 cm³/mol. The number of carboxylic acids is 1. The van der Waals surface area contributed by atoms with E-state index < -0.39 is 22.0 Å². The Morgan fingerprint density at radius 1 is 1.41 bits per heavy atom. The summed E-state index contributed by atoms with van der Waals surface area (Å²) in [5, 5.41) is 17.2. The number of benzene rings is 1. The van der Waals surface area contributed by atoms with Crippen molar-refractivity contribution in [3.8, 4) is 6.07 Å². The second-order valence-corrected chi connectivity index (χ2v) is 5.03. The molecule has 0 aromatic heterocycles. The van der Waals surface area contributed by atoms with Crippen LogP contribution in [0.25, 0.3) is 0 Å². The van der Waals surface area contributed by atoms with Gasteiger partial charge in [-0.25, -0.2) is 8.42 Å². The minimum absolute atomic E-state index is 0.0791. The number of rotatable bonds is 4. The van der Waals surface area contributed by atoms with Crippen LogP contribution >= 0.6 is 0 Å². The van der Waals surface area contributed by atoms with Gasteiger partial charge >= 0.3 is 5.97 Å². The normalized spacial score (nSPS) is 12.7. The van der Waals surface area contributed by atoms with Crippen molar-refractivity contribution in [3.63, 3.8) is 0 Å². The van der Waals surface area contributed by atoms with Gasteiger partial charge in [-0.1, -0.05) is 0 Å². The molecule has 1 aromatic carbocycles. The minimum Gasteiger partial charge on any atom is -0.480 e. The van der Waals surface area contributed by atoms with Crippen LogP contribution < -0.4 is 4.72 Å². The fraction of sp³-hybridized carbons (Fsp3) is 0.200. The van der Waals surface area contributed by atoms with Crippen molar-refractivity contribution in [2.75, 3.05) is 0 Å². The zero-order chi connectivity index (χ0) is 13.1. The van der Waals surface area contributed by atoms with E-state index in [0.29, 0.717) is 5.56 Å². The van der Waals surface area contributed by atoms with Crippen molar-refractivity contribution in [3.05, 3.63) is 29.8 Å². The van der Waals surface area contributed by atoms with Crippen LogP contribution in [-0.4, -0.2) is 25.5 Å². The molecule has 1 aromatic rings. The van der Waals surface area contributed by atoms with Crippen LogP contribution in [0.15, 0.2) is 29.2 Å². The molecule has 7 heteroatoms. The second kappa shape index (κ2) is 4.95. The van der Waals surface area contributed by atoms with Gasteiger partial charge in [-0.05, 0) is 31.2 Å². The number of nitrogens with one attached hydrogen (secondary N) is 1. The van der Waals surface area contributed by atoms with E-state index in [9.17, 15) is 13.2 Å². The first-order chi connectivity index (χ1) is 7.86. The fourth-order valence-corrected chi connectivity index (χ4v) is 2.26. The summed E-state index contributed by atoms with van der Waals surface area (Å²) in [6, 6.07) is 5.83. The largest absolute Gasteiger partial charge is 0.480 e. The van der Waals surface area contributed by atoms with Crippen molar-refractivity contribution in [1.82, 2.24) is 4.72 Å². The van der Waals surface area contributed by atoms with Gasteiger partial charge in [0.1, 0.15) is 6.04 Å². The molecular weight excluding hydrogens is 244 g/mol. The molecule has 0 aliphatic heterocycles. The molecule has 0 aliphatic carbocycles. The Kier molecular flexibility index (Phi) is 3.83. The topological polar surface area (TPSA) is 107 Å². The molecule has 0 bridgehead atoms. The Labute approximate surface area is 98.6 Å². The Bertz CT molecular complexity index is 557. The number of sulfonamides is 1. The van der Waals surface area contributed by atoms with Crippen LogP contribution in [0.3, 0.4) is 0 Å². The van der Waals surface area contributed by atoms with Crippen molar-refractivity contribution in [1.29, 1.82) is 5.26 Å². The van der Waals surface area contributed by atoms with E-state index in [1.165, 1.54) is 31.2 Å². The summed E-state index contributed by atoms with van der Waals surface area (Å²) < 4.78 is 25.4. The summed E-state index contributed by atoms with van der Waals surface area (Å²) in [5.74, 6) is -1.26. The Morgan fingerprint density at radius 3 is 2.35 bits per heavy atom. The second-order valence-electron chi connectivity index (χ2n) is 3.32. The number of aliphatic carboxylic acids is 1. The van der Waals surface area contributed by atoms with Gasteiger partial charge in [0.2, 0.25) is 10.0 Å². The van der Waals surface area contributed by atoms with Crippen LogP contribution in [-0.2, 0) is 14.8 Å². The summed E-state index contributed by atoms with van der Waals surface area (Å²) in [6.07, 6.45) is 0. The Morgan fingerprint density at radius 2 is 1.94 bits per heavy atom. The number of hydrogen-bond acceptors (Lipinski definition) is 4. The molecule has 0 radical (unpaired) electrons. The molecular formula is C10H10N2O4S. The van der Waals surface area contributed by atoms with E-state index in [4.69, 9.17) is 10.4 Å². The summed E-state index contributed by atoms with van der Waals surface area (Å²) in [4.78, 5) is 10.5. The molecule has 90 valence electrons.